The Morgan fingerprint density at radius 1 is 1.17 bits per heavy atom. The summed E-state index contributed by atoms with van der Waals surface area (Å²) in [5.74, 6) is -0.464. The van der Waals surface area contributed by atoms with Gasteiger partial charge in [-0.3, -0.25) is 4.79 Å². The number of nitrogens with one attached hydrogen (secondary N) is 2. The highest BCUT2D eigenvalue weighted by Crippen LogP contribution is 2.25. The number of hydrogen-bond acceptors (Lipinski definition) is 3. The molecule has 0 heterocycles. The second-order valence-corrected chi connectivity index (χ2v) is 5.45. The molecule has 4 nitrogen and oxygen atoms in total. The van der Waals surface area contributed by atoms with Crippen LogP contribution in [0.25, 0.3) is 0 Å². The van der Waals surface area contributed by atoms with Gasteiger partial charge < -0.3 is 10.6 Å². The third-order valence-electron chi connectivity index (χ3n) is 2.96. The standard InChI is InChI=1S/C17H13Cl2N3O/c18-14-6-7-16(15(19)8-14)21-11-13(9-20)17(23)22-10-12-4-2-1-3-5-12/h1-8,11,21H,10H2,(H,22,23)/b13-11-. The van der Waals surface area contributed by atoms with E-state index in [1.807, 2.05) is 36.4 Å². The van der Waals surface area contributed by atoms with E-state index >= 15 is 0 Å². The first-order chi connectivity index (χ1) is 11.1. The topological polar surface area (TPSA) is 64.9 Å². The molecule has 116 valence electrons. The fraction of sp³-hybridized carbons (Fsp3) is 0.0588. The van der Waals surface area contributed by atoms with E-state index in [4.69, 9.17) is 28.5 Å². The first-order valence-electron chi connectivity index (χ1n) is 6.74. The Bertz CT molecular complexity index is 767. The van der Waals surface area contributed by atoms with Crippen molar-refractivity contribution in [2.24, 2.45) is 0 Å². The SMILES string of the molecule is N#C/C(=C/Nc1ccc(Cl)cc1Cl)C(=O)NCc1ccccc1. The zero-order valence-corrected chi connectivity index (χ0v) is 13.5. The normalized spacial score (nSPS) is 10.7. The molecule has 2 aromatic carbocycles. The summed E-state index contributed by atoms with van der Waals surface area (Å²) in [7, 11) is 0. The summed E-state index contributed by atoms with van der Waals surface area (Å²) in [6, 6.07) is 16.2. The Kier molecular flexibility index (Phi) is 6.04. The highest BCUT2D eigenvalue weighted by Gasteiger charge is 2.09. The number of rotatable bonds is 5. The summed E-state index contributed by atoms with van der Waals surface area (Å²) >= 11 is 11.8. The summed E-state index contributed by atoms with van der Waals surface area (Å²) in [5.41, 5.74) is 1.46. The number of nitriles is 1. The van der Waals surface area contributed by atoms with Crippen LogP contribution in [0.5, 0.6) is 0 Å². The molecule has 6 heteroatoms. The molecule has 0 saturated heterocycles. The molecule has 0 radical (unpaired) electrons. The van der Waals surface area contributed by atoms with Crippen LogP contribution in [0.15, 0.2) is 60.3 Å². The van der Waals surface area contributed by atoms with Crippen LogP contribution in [0.2, 0.25) is 10.0 Å². The van der Waals surface area contributed by atoms with Gasteiger partial charge in [0.1, 0.15) is 11.6 Å². The van der Waals surface area contributed by atoms with Gasteiger partial charge in [-0.25, -0.2) is 0 Å². The van der Waals surface area contributed by atoms with E-state index in [2.05, 4.69) is 10.6 Å². The zero-order chi connectivity index (χ0) is 16.7. The predicted octanol–water partition coefficient (Wildman–Crippen LogP) is 4.13. The second-order valence-electron chi connectivity index (χ2n) is 4.61. The van der Waals surface area contributed by atoms with Crippen molar-refractivity contribution in [1.82, 2.24) is 5.32 Å². The first kappa shape index (κ1) is 16.9. The maximum absolute atomic E-state index is 12.0. The van der Waals surface area contributed by atoms with Gasteiger partial charge in [-0.15, -0.1) is 0 Å². The molecule has 0 saturated carbocycles. The molecule has 0 aromatic heterocycles. The molecule has 2 N–H and O–H groups in total. The first-order valence-corrected chi connectivity index (χ1v) is 7.49. The van der Waals surface area contributed by atoms with Crippen LogP contribution in [0, 0.1) is 11.3 Å². The minimum absolute atomic E-state index is 0.0491. The lowest BCUT2D eigenvalue weighted by Crippen LogP contribution is -2.24. The Morgan fingerprint density at radius 3 is 2.57 bits per heavy atom. The van der Waals surface area contributed by atoms with Gasteiger partial charge in [0, 0.05) is 17.8 Å². The highest BCUT2D eigenvalue weighted by molar-refractivity contribution is 6.36. The summed E-state index contributed by atoms with van der Waals surface area (Å²) in [6.45, 7) is 0.348. The number of amides is 1. The van der Waals surface area contributed by atoms with Crippen molar-refractivity contribution < 1.29 is 4.79 Å². The number of anilines is 1. The summed E-state index contributed by atoms with van der Waals surface area (Å²) in [5, 5.41) is 15.5. The fourth-order valence-corrected chi connectivity index (χ4v) is 2.24. The number of hydrogen-bond donors (Lipinski definition) is 2. The van der Waals surface area contributed by atoms with E-state index in [9.17, 15) is 4.79 Å². The van der Waals surface area contributed by atoms with Crippen molar-refractivity contribution in [3.63, 3.8) is 0 Å². The molecule has 0 fully saturated rings. The highest BCUT2D eigenvalue weighted by atomic mass is 35.5. The maximum Gasteiger partial charge on any atom is 0.263 e. The van der Waals surface area contributed by atoms with Gasteiger partial charge in [-0.2, -0.15) is 5.26 Å². The van der Waals surface area contributed by atoms with E-state index < -0.39 is 5.91 Å². The van der Waals surface area contributed by atoms with Gasteiger partial charge in [0.05, 0.1) is 10.7 Å². The smallest absolute Gasteiger partial charge is 0.263 e. The molecule has 1 amide bonds. The van der Waals surface area contributed by atoms with E-state index in [-0.39, 0.29) is 5.57 Å². The lowest BCUT2D eigenvalue weighted by Gasteiger charge is -2.06. The summed E-state index contributed by atoms with van der Waals surface area (Å²) in [6.07, 6.45) is 1.31. The van der Waals surface area contributed by atoms with Crippen LogP contribution < -0.4 is 10.6 Å². The van der Waals surface area contributed by atoms with Crippen LogP contribution in [-0.2, 0) is 11.3 Å². The summed E-state index contributed by atoms with van der Waals surface area (Å²) in [4.78, 5) is 12.0. The average molecular weight is 346 g/mol. The molecule has 0 bridgehead atoms. The molecular formula is C17H13Cl2N3O. The Morgan fingerprint density at radius 2 is 1.91 bits per heavy atom. The number of carbonyl (C=O) groups excluding carboxylic acids is 1. The van der Waals surface area contributed by atoms with Crippen LogP contribution in [-0.4, -0.2) is 5.91 Å². The number of halogens is 2. The maximum atomic E-state index is 12.0. The quantitative estimate of drug-likeness (QED) is 0.632. The molecule has 0 spiro atoms. The van der Waals surface area contributed by atoms with Crippen LogP contribution in [0.1, 0.15) is 5.56 Å². The van der Waals surface area contributed by atoms with Crippen LogP contribution in [0.3, 0.4) is 0 Å². The number of benzene rings is 2. The van der Waals surface area contributed by atoms with Crippen LogP contribution >= 0.6 is 23.2 Å². The van der Waals surface area contributed by atoms with Crippen molar-refractivity contribution >= 4 is 34.8 Å². The second kappa shape index (κ2) is 8.23. The minimum Gasteiger partial charge on any atom is -0.359 e. The van der Waals surface area contributed by atoms with Gasteiger partial charge in [-0.05, 0) is 23.8 Å². The molecule has 0 aliphatic heterocycles. The van der Waals surface area contributed by atoms with Crippen molar-refractivity contribution in [1.29, 1.82) is 5.26 Å². The third-order valence-corrected chi connectivity index (χ3v) is 3.51. The molecule has 0 unspecified atom stereocenters. The molecule has 0 aliphatic carbocycles. The van der Waals surface area contributed by atoms with Crippen LogP contribution in [0.4, 0.5) is 5.69 Å². The van der Waals surface area contributed by atoms with E-state index in [0.717, 1.165) is 5.56 Å². The molecular weight excluding hydrogens is 333 g/mol. The van der Waals surface area contributed by atoms with Gasteiger partial charge in [-0.1, -0.05) is 53.5 Å². The van der Waals surface area contributed by atoms with Gasteiger partial charge in [0.25, 0.3) is 5.91 Å². The molecule has 2 rings (SSSR count). The van der Waals surface area contributed by atoms with E-state index in [0.29, 0.717) is 22.3 Å². The lowest BCUT2D eigenvalue weighted by molar-refractivity contribution is -0.117. The number of nitrogens with zero attached hydrogens (tertiary/aromatic N) is 1. The Balaban J connectivity index is 2.00. The Labute approximate surface area is 144 Å². The molecule has 0 atom stereocenters. The van der Waals surface area contributed by atoms with E-state index in [1.54, 1.807) is 18.2 Å². The molecule has 2 aromatic rings. The predicted molar refractivity (Wildman–Crippen MR) is 92.1 cm³/mol. The van der Waals surface area contributed by atoms with Crippen molar-refractivity contribution in [2.75, 3.05) is 5.32 Å². The van der Waals surface area contributed by atoms with Gasteiger partial charge in [0.15, 0.2) is 0 Å². The largest absolute Gasteiger partial charge is 0.359 e. The van der Waals surface area contributed by atoms with Gasteiger partial charge >= 0.3 is 0 Å². The average Bonchev–Trinajstić information content (AvgIpc) is 2.56. The third kappa shape index (κ3) is 5.03. The number of carbonyl (C=O) groups is 1. The van der Waals surface area contributed by atoms with Crippen molar-refractivity contribution in [3.8, 4) is 6.07 Å². The lowest BCUT2D eigenvalue weighted by atomic mass is 10.2. The molecule has 23 heavy (non-hydrogen) atoms. The van der Waals surface area contributed by atoms with Gasteiger partial charge in [0.2, 0.25) is 0 Å². The van der Waals surface area contributed by atoms with Crippen molar-refractivity contribution in [3.05, 3.63) is 75.9 Å². The minimum atomic E-state index is -0.464. The van der Waals surface area contributed by atoms with Crippen molar-refractivity contribution in [2.45, 2.75) is 6.54 Å². The monoisotopic (exact) mass is 345 g/mol. The molecule has 0 aliphatic rings. The fourth-order valence-electron chi connectivity index (χ4n) is 1.78. The van der Waals surface area contributed by atoms with E-state index in [1.165, 1.54) is 6.20 Å². The zero-order valence-electron chi connectivity index (χ0n) is 12.0. The summed E-state index contributed by atoms with van der Waals surface area (Å²) < 4.78 is 0. The Hall–Kier alpha value is -2.48.